The molecule has 1 aliphatic heterocycles. The number of carbonyl (C=O) groups excluding carboxylic acids is 1. The van der Waals surface area contributed by atoms with E-state index in [0.29, 0.717) is 23.0 Å². The van der Waals surface area contributed by atoms with Crippen LogP contribution in [-0.2, 0) is 4.74 Å². The fourth-order valence-electron chi connectivity index (χ4n) is 1.73. The molecule has 1 fully saturated rings. The van der Waals surface area contributed by atoms with Crippen LogP contribution in [0, 0.1) is 0 Å². The van der Waals surface area contributed by atoms with Crippen LogP contribution in [0.25, 0.3) is 0 Å². The second kappa shape index (κ2) is 5.33. The van der Waals surface area contributed by atoms with Gasteiger partial charge in [-0.15, -0.1) is 0 Å². The number of rotatable bonds is 3. The Morgan fingerprint density at radius 1 is 1.65 bits per heavy atom. The minimum absolute atomic E-state index is 0.185. The van der Waals surface area contributed by atoms with Crippen LogP contribution in [0.3, 0.4) is 0 Å². The Labute approximate surface area is 105 Å². The Kier molecular flexibility index (Phi) is 3.81. The summed E-state index contributed by atoms with van der Waals surface area (Å²) in [6.07, 6.45) is 2.40. The topological polar surface area (TPSA) is 63.2 Å². The number of carbonyl (C=O) groups is 1. The number of nitrogens with one attached hydrogen (secondary N) is 2. The highest BCUT2D eigenvalue weighted by atomic mass is 35.5. The third-order valence-corrected chi connectivity index (χ3v) is 2.84. The minimum Gasteiger partial charge on any atom is -0.379 e. The van der Waals surface area contributed by atoms with Crippen molar-refractivity contribution in [3.05, 3.63) is 23.0 Å². The summed E-state index contributed by atoms with van der Waals surface area (Å²) in [5, 5.41) is 6.19. The molecule has 1 saturated heterocycles. The van der Waals surface area contributed by atoms with Gasteiger partial charge < -0.3 is 15.4 Å². The highest BCUT2D eigenvalue weighted by molar-refractivity contribution is 6.29. The first-order chi connectivity index (χ1) is 8.20. The zero-order chi connectivity index (χ0) is 12.3. The van der Waals surface area contributed by atoms with Crippen molar-refractivity contribution in [2.24, 2.45) is 0 Å². The number of amides is 1. The Morgan fingerprint density at radius 2 is 2.47 bits per heavy atom. The number of halogens is 1. The number of hydrogen-bond acceptors (Lipinski definition) is 4. The lowest BCUT2D eigenvalue weighted by Gasteiger charge is -2.15. The molecule has 5 nitrogen and oxygen atoms in total. The van der Waals surface area contributed by atoms with Gasteiger partial charge in [-0.1, -0.05) is 11.6 Å². The average Bonchev–Trinajstić information content (AvgIpc) is 2.81. The van der Waals surface area contributed by atoms with Gasteiger partial charge in [-0.05, 0) is 12.5 Å². The van der Waals surface area contributed by atoms with Crippen molar-refractivity contribution in [3.63, 3.8) is 0 Å². The molecule has 92 valence electrons. The molecule has 0 unspecified atom stereocenters. The van der Waals surface area contributed by atoms with Crippen LogP contribution in [0.4, 0.5) is 5.69 Å². The number of aromatic nitrogens is 1. The third kappa shape index (κ3) is 2.87. The second-order valence-corrected chi connectivity index (χ2v) is 4.22. The Hall–Kier alpha value is -1.33. The Morgan fingerprint density at radius 3 is 3.12 bits per heavy atom. The van der Waals surface area contributed by atoms with Gasteiger partial charge in [0.15, 0.2) is 0 Å². The van der Waals surface area contributed by atoms with Crippen LogP contribution in [0.1, 0.15) is 16.8 Å². The lowest BCUT2D eigenvalue weighted by atomic mass is 10.2. The maximum atomic E-state index is 11.7. The van der Waals surface area contributed by atoms with Crippen LogP contribution in [-0.4, -0.2) is 37.2 Å². The van der Waals surface area contributed by atoms with Gasteiger partial charge in [0.05, 0.1) is 23.9 Å². The van der Waals surface area contributed by atoms with Gasteiger partial charge in [-0.3, -0.25) is 4.79 Å². The first-order valence-corrected chi connectivity index (χ1v) is 5.80. The molecule has 0 aromatic carbocycles. The molecule has 2 N–H and O–H groups in total. The number of ether oxygens (including phenoxy) is 1. The van der Waals surface area contributed by atoms with Crippen LogP contribution in [0.5, 0.6) is 0 Å². The smallest absolute Gasteiger partial charge is 0.254 e. The number of hydrogen-bond donors (Lipinski definition) is 2. The molecular weight excluding hydrogens is 242 g/mol. The van der Waals surface area contributed by atoms with Gasteiger partial charge in [0.25, 0.3) is 5.91 Å². The SMILES string of the molecule is CNC(=O)c1cnc(Cl)cc1N[C@H]1CCOC1. The molecule has 1 aliphatic rings. The highest BCUT2D eigenvalue weighted by Gasteiger charge is 2.18. The van der Waals surface area contributed by atoms with Gasteiger partial charge in [0, 0.05) is 19.9 Å². The summed E-state index contributed by atoms with van der Waals surface area (Å²) in [6, 6.07) is 1.88. The third-order valence-electron chi connectivity index (χ3n) is 2.63. The van der Waals surface area contributed by atoms with Crippen molar-refractivity contribution in [3.8, 4) is 0 Å². The maximum absolute atomic E-state index is 11.7. The summed E-state index contributed by atoms with van der Waals surface area (Å²) in [5.41, 5.74) is 1.18. The minimum atomic E-state index is -0.185. The molecule has 0 bridgehead atoms. The van der Waals surface area contributed by atoms with Crippen molar-refractivity contribution in [2.45, 2.75) is 12.5 Å². The van der Waals surface area contributed by atoms with Crippen LogP contribution in [0.2, 0.25) is 5.15 Å². The van der Waals surface area contributed by atoms with Crippen LogP contribution >= 0.6 is 11.6 Å². The Bertz CT molecular complexity index is 419. The highest BCUT2D eigenvalue weighted by Crippen LogP contribution is 2.21. The van der Waals surface area contributed by atoms with E-state index in [-0.39, 0.29) is 11.9 Å². The molecule has 1 atom stereocenters. The van der Waals surface area contributed by atoms with Crippen LogP contribution < -0.4 is 10.6 Å². The molecule has 2 heterocycles. The van der Waals surface area contributed by atoms with Crippen LogP contribution in [0.15, 0.2) is 12.3 Å². The van der Waals surface area contributed by atoms with E-state index in [4.69, 9.17) is 16.3 Å². The predicted molar refractivity (Wildman–Crippen MR) is 65.5 cm³/mol. The Balaban J connectivity index is 2.22. The largest absolute Gasteiger partial charge is 0.379 e. The second-order valence-electron chi connectivity index (χ2n) is 3.84. The number of anilines is 1. The van der Waals surface area contributed by atoms with E-state index in [0.717, 1.165) is 13.0 Å². The molecule has 0 saturated carbocycles. The van der Waals surface area contributed by atoms with Gasteiger partial charge in [0.1, 0.15) is 5.15 Å². The van der Waals surface area contributed by atoms with E-state index < -0.39 is 0 Å². The van der Waals surface area contributed by atoms with Crippen molar-refractivity contribution in [2.75, 3.05) is 25.6 Å². The van der Waals surface area contributed by atoms with Crippen molar-refractivity contribution < 1.29 is 9.53 Å². The van der Waals surface area contributed by atoms with Crippen molar-refractivity contribution in [1.82, 2.24) is 10.3 Å². The molecule has 1 aromatic heterocycles. The molecule has 2 rings (SSSR count). The van der Waals surface area contributed by atoms with Gasteiger partial charge in [0.2, 0.25) is 0 Å². The first-order valence-electron chi connectivity index (χ1n) is 5.42. The van der Waals surface area contributed by atoms with Crippen molar-refractivity contribution in [1.29, 1.82) is 0 Å². The molecule has 0 radical (unpaired) electrons. The first kappa shape index (κ1) is 12.1. The van der Waals surface area contributed by atoms with E-state index >= 15 is 0 Å². The van der Waals surface area contributed by atoms with E-state index in [1.54, 1.807) is 13.1 Å². The lowest BCUT2D eigenvalue weighted by Crippen LogP contribution is -2.24. The summed E-state index contributed by atoms with van der Waals surface area (Å²) in [6.45, 7) is 1.39. The molecule has 6 heteroatoms. The summed E-state index contributed by atoms with van der Waals surface area (Å²) in [5.74, 6) is -0.185. The normalized spacial score (nSPS) is 19.1. The molecule has 0 spiro atoms. The molecule has 17 heavy (non-hydrogen) atoms. The number of pyridine rings is 1. The van der Waals surface area contributed by atoms with E-state index in [1.165, 1.54) is 6.20 Å². The van der Waals surface area contributed by atoms with E-state index in [9.17, 15) is 4.79 Å². The molecular formula is C11H14ClN3O2. The van der Waals surface area contributed by atoms with Gasteiger partial charge in [-0.2, -0.15) is 0 Å². The average molecular weight is 256 g/mol. The summed E-state index contributed by atoms with van der Waals surface area (Å²) < 4.78 is 5.27. The van der Waals surface area contributed by atoms with E-state index in [2.05, 4.69) is 15.6 Å². The van der Waals surface area contributed by atoms with Crippen molar-refractivity contribution >= 4 is 23.2 Å². The summed E-state index contributed by atoms with van der Waals surface area (Å²) in [7, 11) is 1.58. The van der Waals surface area contributed by atoms with E-state index in [1.807, 2.05) is 0 Å². The quantitative estimate of drug-likeness (QED) is 0.799. The summed E-state index contributed by atoms with van der Waals surface area (Å²) >= 11 is 5.84. The maximum Gasteiger partial charge on any atom is 0.254 e. The zero-order valence-corrected chi connectivity index (χ0v) is 10.3. The lowest BCUT2D eigenvalue weighted by molar-refractivity contribution is 0.0963. The monoisotopic (exact) mass is 255 g/mol. The number of nitrogens with zero attached hydrogens (tertiary/aromatic N) is 1. The summed E-state index contributed by atoms with van der Waals surface area (Å²) in [4.78, 5) is 15.6. The van der Waals surface area contributed by atoms with Gasteiger partial charge in [-0.25, -0.2) is 4.98 Å². The zero-order valence-electron chi connectivity index (χ0n) is 9.50. The standard InChI is InChI=1S/C11H14ClN3O2/c1-13-11(16)8-5-14-10(12)4-9(8)15-7-2-3-17-6-7/h4-5,7H,2-3,6H2,1H3,(H,13,16)(H,14,15)/t7-/m0/s1. The molecule has 1 amide bonds. The molecule has 0 aliphatic carbocycles. The van der Waals surface area contributed by atoms with Gasteiger partial charge >= 0.3 is 0 Å². The molecule has 1 aromatic rings. The fourth-order valence-corrected chi connectivity index (χ4v) is 1.89. The fraction of sp³-hybridized carbons (Fsp3) is 0.455. The predicted octanol–water partition coefficient (Wildman–Crippen LogP) is 1.30.